The number of anilines is 3. The molecule has 55 heavy (non-hydrogen) atoms. The van der Waals surface area contributed by atoms with Crippen molar-refractivity contribution >= 4 is 70.5 Å². The molecule has 0 spiro atoms. The normalized spacial score (nSPS) is 19.2. The van der Waals surface area contributed by atoms with Gasteiger partial charge in [-0.25, -0.2) is 0 Å². The molecule has 11 rings (SSSR count). The highest BCUT2D eigenvalue weighted by Gasteiger charge is 2.40. The van der Waals surface area contributed by atoms with Crippen molar-refractivity contribution in [3.63, 3.8) is 0 Å². The van der Waals surface area contributed by atoms with Gasteiger partial charge in [0, 0.05) is 37.2 Å². The van der Waals surface area contributed by atoms with E-state index in [0.29, 0.717) is 0 Å². The summed E-state index contributed by atoms with van der Waals surface area (Å²) >= 11 is 1.91. The summed E-state index contributed by atoms with van der Waals surface area (Å²) in [6.07, 6.45) is 12.5. The standard InChI is InChI=1S/C53H43NS/c1-2-8-36(9-3-1)37-18-20-40(21-19-37)48-14-7-15-52-53(48)50-34-45(30-31-51(50)55-52)54(44-28-24-41(25-29-44)49-33-35-16-17-42(49)32-35)43-26-22-39(23-27-43)47-13-6-11-38-10-4-5-12-46(38)47/h1-15,18,20,22-31,34-35,42,49H,16-17,19,21,32-33H2. The summed E-state index contributed by atoms with van der Waals surface area (Å²) < 4.78 is 2.69. The summed E-state index contributed by atoms with van der Waals surface area (Å²) in [6, 6.07) is 59.0. The van der Waals surface area contributed by atoms with Crippen molar-refractivity contribution in [2.75, 3.05) is 4.90 Å². The van der Waals surface area contributed by atoms with Crippen molar-refractivity contribution in [3.05, 3.63) is 187 Å². The van der Waals surface area contributed by atoms with Crippen molar-refractivity contribution in [1.82, 2.24) is 0 Å². The molecule has 0 saturated heterocycles. The lowest BCUT2D eigenvalue weighted by Crippen LogP contribution is -2.11. The molecule has 2 heteroatoms. The van der Waals surface area contributed by atoms with Gasteiger partial charge in [-0.05, 0) is 148 Å². The third-order valence-electron chi connectivity index (χ3n) is 12.9. The highest BCUT2D eigenvalue weighted by atomic mass is 32.1. The Kier molecular flexibility index (Phi) is 8.06. The highest BCUT2D eigenvalue weighted by molar-refractivity contribution is 7.25. The van der Waals surface area contributed by atoms with E-state index in [4.69, 9.17) is 0 Å². The van der Waals surface area contributed by atoms with Crippen LogP contribution in [-0.2, 0) is 0 Å². The number of benzene rings is 7. The van der Waals surface area contributed by atoms with Gasteiger partial charge in [-0.1, -0.05) is 128 Å². The zero-order chi connectivity index (χ0) is 36.3. The molecule has 3 aliphatic rings. The van der Waals surface area contributed by atoms with Crippen LogP contribution in [0.4, 0.5) is 17.1 Å². The molecule has 0 amide bonds. The monoisotopic (exact) mass is 725 g/mol. The fraction of sp³-hybridized carbons (Fsp3) is 0.170. The Balaban J connectivity index is 1.01. The first-order chi connectivity index (χ1) is 27.2. The van der Waals surface area contributed by atoms with Gasteiger partial charge >= 0.3 is 0 Å². The first-order valence-corrected chi connectivity index (χ1v) is 20.9. The summed E-state index contributed by atoms with van der Waals surface area (Å²) in [5, 5.41) is 5.28. The van der Waals surface area contributed by atoms with Gasteiger partial charge in [-0.3, -0.25) is 0 Å². The average molecular weight is 726 g/mol. The van der Waals surface area contributed by atoms with E-state index in [2.05, 4.69) is 175 Å². The first kappa shape index (κ1) is 32.7. The molecule has 8 aromatic rings. The van der Waals surface area contributed by atoms with Gasteiger partial charge in [-0.2, -0.15) is 0 Å². The smallest absolute Gasteiger partial charge is 0.0468 e. The van der Waals surface area contributed by atoms with Crippen molar-refractivity contribution in [2.24, 2.45) is 11.8 Å². The van der Waals surface area contributed by atoms with Crippen molar-refractivity contribution < 1.29 is 0 Å². The van der Waals surface area contributed by atoms with E-state index in [0.717, 1.165) is 30.6 Å². The van der Waals surface area contributed by atoms with E-state index in [1.165, 1.54) is 113 Å². The number of allylic oxidation sites excluding steroid dienone is 4. The Hall–Kier alpha value is -5.70. The van der Waals surface area contributed by atoms with Crippen LogP contribution in [0.2, 0.25) is 0 Å². The number of nitrogens with zero attached hydrogens (tertiary/aromatic N) is 1. The van der Waals surface area contributed by atoms with Gasteiger partial charge in [0.25, 0.3) is 0 Å². The molecule has 2 fully saturated rings. The number of hydrogen-bond acceptors (Lipinski definition) is 2. The Labute approximate surface area is 327 Å². The van der Waals surface area contributed by atoms with Crippen LogP contribution in [0.1, 0.15) is 61.1 Å². The fourth-order valence-corrected chi connectivity index (χ4v) is 11.3. The van der Waals surface area contributed by atoms with Crippen LogP contribution in [0, 0.1) is 11.8 Å². The molecule has 7 aromatic carbocycles. The third kappa shape index (κ3) is 5.83. The topological polar surface area (TPSA) is 3.24 Å². The first-order valence-electron chi connectivity index (χ1n) is 20.1. The Bertz CT molecular complexity index is 2760. The second-order valence-corrected chi connectivity index (χ2v) is 17.1. The Morgan fingerprint density at radius 3 is 1.98 bits per heavy atom. The second kappa shape index (κ2) is 13.6. The Morgan fingerprint density at radius 2 is 1.20 bits per heavy atom. The van der Waals surface area contributed by atoms with E-state index in [1.807, 2.05) is 11.3 Å². The summed E-state index contributed by atoms with van der Waals surface area (Å²) in [5.74, 6) is 2.53. The third-order valence-corrected chi connectivity index (χ3v) is 14.1. The molecule has 3 unspecified atom stereocenters. The minimum Gasteiger partial charge on any atom is -0.310 e. The molecule has 3 aliphatic carbocycles. The lowest BCUT2D eigenvalue weighted by Gasteiger charge is -2.27. The van der Waals surface area contributed by atoms with Crippen LogP contribution in [0.25, 0.3) is 53.2 Å². The molecule has 0 N–H and O–H groups in total. The fourth-order valence-electron chi connectivity index (χ4n) is 10.2. The molecule has 2 saturated carbocycles. The van der Waals surface area contributed by atoms with Crippen LogP contribution in [-0.4, -0.2) is 0 Å². The van der Waals surface area contributed by atoms with E-state index in [-0.39, 0.29) is 0 Å². The molecule has 0 aliphatic heterocycles. The minimum atomic E-state index is 0.723. The molecule has 3 atom stereocenters. The number of thiophene rings is 1. The zero-order valence-corrected chi connectivity index (χ0v) is 31.8. The molecule has 2 bridgehead atoms. The van der Waals surface area contributed by atoms with E-state index in [9.17, 15) is 0 Å². The predicted molar refractivity (Wildman–Crippen MR) is 237 cm³/mol. The number of rotatable bonds is 7. The van der Waals surface area contributed by atoms with Crippen molar-refractivity contribution in [3.8, 4) is 11.1 Å². The highest BCUT2D eigenvalue weighted by Crippen LogP contribution is 2.53. The summed E-state index contributed by atoms with van der Waals surface area (Å²) in [7, 11) is 0. The quantitative estimate of drug-likeness (QED) is 0.158. The predicted octanol–water partition coefficient (Wildman–Crippen LogP) is 15.5. The van der Waals surface area contributed by atoms with Gasteiger partial charge < -0.3 is 4.90 Å². The van der Waals surface area contributed by atoms with Gasteiger partial charge in [0.1, 0.15) is 0 Å². The summed E-state index contributed by atoms with van der Waals surface area (Å²) in [5.41, 5.74) is 13.1. The van der Waals surface area contributed by atoms with Crippen LogP contribution in [0.5, 0.6) is 0 Å². The SMILES string of the molecule is C1=C(c2ccccc2)CCC(c2cccc3sc4ccc(N(c5ccc(-c6cccc7ccccc67)cc5)c5ccc(C6CC7CCC6C7)cc5)cc4c23)=C1. The van der Waals surface area contributed by atoms with Crippen LogP contribution in [0.15, 0.2) is 170 Å². The minimum absolute atomic E-state index is 0.723. The maximum absolute atomic E-state index is 2.47. The van der Waals surface area contributed by atoms with Gasteiger partial charge in [0.05, 0.1) is 0 Å². The van der Waals surface area contributed by atoms with Crippen LogP contribution < -0.4 is 4.90 Å². The maximum atomic E-state index is 2.47. The molecule has 1 aromatic heterocycles. The van der Waals surface area contributed by atoms with E-state index in [1.54, 1.807) is 0 Å². The molecule has 1 nitrogen and oxygen atoms in total. The van der Waals surface area contributed by atoms with Gasteiger partial charge in [0.2, 0.25) is 0 Å². The Morgan fingerprint density at radius 1 is 0.491 bits per heavy atom. The van der Waals surface area contributed by atoms with Gasteiger partial charge in [-0.15, -0.1) is 11.3 Å². The average Bonchev–Trinajstić information content (AvgIpc) is 4.00. The molecule has 0 radical (unpaired) electrons. The van der Waals surface area contributed by atoms with Crippen LogP contribution >= 0.6 is 11.3 Å². The van der Waals surface area contributed by atoms with E-state index >= 15 is 0 Å². The lowest BCUT2D eigenvalue weighted by molar-refractivity contribution is 0.420. The molecule has 1 heterocycles. The number of hydrogen-bond donors (Lipinski definition) is 0. The largest absolute Gasteiger partial charge is 0.310 e. The molecular weight excluding hydrogens is 683 g/mol. The second-order valence-electron chi connectivity index (χ2n) is 16.0. The maximum Gasteiger partial charge on any atom is 0.0468 e. The summed E-state index contributed by atoms with van der Waals surface area (Å²) in [6.45, 7) is 0. The van der Waals surface area contributed by atoms with Crippen LogP contribution in [0.3, 0.4) is 0 Å². The number of fused-ring (bicyclic) bond motifs is 6. The molecule has 266 valence electrons. The van der Waals surface area contributed by atoms with Crippen molar-refractivity contribution in [1.29, 1.82) is 0 Å². The van der Waals surface area contributed by atoms with E-state index < -0.39 is 0 Å². The zero-order valence-electron chi connectivity index (χ0n) is 31.0. The van der Waals surface area contributed by atoms with Gasteiger partial charge in [0.15, 0.2) is 0 Å². The summed E-state index contributed by atoms with van der Waals surface area (Å²) in [4.78, 5) is 2.47. The van der Waals surface area contributed by atoms with Crippen molar-refractivity contribution in [2.45, 2.75) is 44.4 Å². The lowest BCUT2D eigenvalue weighted by atomic mass is 9.83. The molecular formula is C53H43NS.